The van der Waals surface area contributed by atoms with Crippen LogP contribution in [0.3, 0.4) is 0 Å². The first-order valence-electron chi connectivity index (χ1n) is 12.7. The molecule has 2 aromatic carbocycles. The van der Waals surface area contributed by atoms with Gasteiger partial charge in [-0.1, -0.05) is 41.7 Å². The number of hydrogen-bond acceptors (Lipinski definition) is 7. The number of nitrogens with one attached hydrogen (secondary N) is 1. The van der Waals surface area contributed by atoms with Crippen LogP contribution in [0, 0.1) is 29.6 Å². The number of amides is 2. The molecule has 0 spiro atoms. The Labute approximate surface area is 226 Å². The van der Waals surface area contributed by atoms with Gasteiger partial charge in [-0.05, 0) is 60.9 Å². The van der Waals surface area contributed by atoms with Gasteiger partial charge in [-0.2, -0.15) is 0 Å². The zero-order valence-electron chi connectivity index (χ0n) is 20.3. The third-order valence-electron chi connectivity index (χ3n) is 8.70. The lowest BCUT2D eigenvalue weighted by molar-refractivity contribution is -0.154. The smallest absolute Gasteiger partial charge is 0.326 e. The largest absolute Gasteiger partial charge is 0.480 e. The number of para-hydroxylation sites is 1. The molecule has 2 N–H and O–H groups in total. The van der Waals surface area contributed by atoms with Crippen LogP contribution in [0.15, 0.2) is 64.4 Å². The lowest BCUT2D eigenvalue weighted by atomic mass is 9.68. The third-order valence-corrected chi connectivity index (χ3v) is 11.3. The molecule has 2 bridgehead atoms. The first kappa shape index (κ1) is 23.7. The number of aromatic nitrogens is 1. The maximum atomic E-state index is 13.5. The number of ether oxygens (including phenoxy) is 1. The van der Waals surface area contributed by atoms with Crippen LogP contribution in [0.4, 0.5) is 0 Å². The molecule has 8 unspecified atom stereocenters. The van der Waals surface area contributed by atoms with Crippen LogP contribution in [0.25, 0.3) is 0 Å². The van der Waals surface area contributed by atoms with E-state index >= 15 is 0 Å². The minimum absolute atomic E-state index is 0.0361. The van der Waals surface area contributed by atoms with Gasteiger partial charge in [0.1, 0.15) is 17.5 Å². The Bertz CT molecular complexity index is 1530. The fraction of sp³-hybridized carbons (Fsp3) is 0.357. The minimum Gasteiger partial charge on any atom is -0.480 e. The van der Waals surface area contributed by atoms with Gasteiger partial charge >= 0.3 is 10.8 Å². The molecule has 2 aliphatic carbocycles. The Balaban J connectivity index is 1.29. The predicted molar refractivity (Wildman–Crippen MR) is 140 cm³/mol. The van der Waals surface area contributed by atoms with Gasteiger partial charge in [-0.25, -0.2) is 4.79 Å². The molecule has 2 amide bonds. The normalized spacial score (nSPS) is 31.6. The monoisotopic (exact) mass is 548 g/mol. The van der Waals surface area contributed by atoms with E-state index in [1.165, 1.54) is 18.3 Å². The summed E-state index contributed by atoms with van der Waals surface area (Å²) in [6.45, 7) is 1.40. The molecule has 3 heterocycles. The van der Waals surface area contributed by atoms with Gasteiger partial charge in [0.2, 0.25) is 11.8 Å². The number of imide groups is 1. The summed E-state index contributed by atoms with van der Waals surface area (Å²) in [5, 5.41) is 10.4. The number of carbonyl (C=O) groups is 3. The predicted octanol–water partition coefficient (Wildman–Crippen LogP) is 4.18. The lowest BCUT2D eigenvalue weighted by Gasteiger charge is -2.43. The highest BCUT2D eigenvalue weighted by molar-refractivity contribution is 8.00. The molecule has 38 heavy (non-hydrogen) atoms. The van der Waals surface area contributed by atoms with Crippen LogP contribution in [-0.4, -0.2) is 44.1 Å². The van der Waals surface area contributed by atoms with Gasteiger partial charge in [0.15, 0.2) is 0 Å². The number of aromatic amines is 1. The number of H-pyrrole nitrogens is 1. The zero-order chi connectivity index (χ0) is 26.3. The van der Waals surface area contributed by atoms with Gasteiger partial charge in [0.05, 0.1) is 16.9 Å². The molecule has 4 aliphatic rings. The number of likely N-dealkylation sites (tertiary alicyclic amines) is 1. The number of hydrogen-bond donors (Lipinski definition) is 2. The number of thioether (sulfide) groups is 1. The molecule has 3 aromatic rings. The molecule has 2 aliphatic heterocycles. The number of thiazole rings is 1. The quantitative estimate of drug-likeness (QED) is 0.460. The van der Waals surface area contributed by atoms with Crippen molar-refractivity contribution in [2.75, 3.05) is 0 Å². The summed E-state index contributed by atoms with van der Waals surface area (Å²) in [6, 6.07) is 16.2. The topological polar surface area (TPSA) is 117 Å². The van der Waals surface area contributed by atoms with Crippen molar-refractivity contribution >= 4 is 40.9 Å². The first-order chi connectivity index (χ1) is 18.3. The molecule has 0 radical (unpaired) electrons. The zero-order valence-corrected chi connectivity index (χ0v) is 21.9. The maximum absolute atomic E-state index is 13.5. The first-order valence-corrected chi connectivity index (χ1v) is 14.4. The number of carboxylic acids is 1. The summed E-state index contributed by atoms with van der Waals surface area (Å²) in [7, 11) is 0. The van der Waals surface area contributed by atoms with E-state index in [9.17, 15) is 24.3 Å². The van der Waals surface area contributed by atoms with E-state index in [0.717, 1.165) is 32.5 Å². The molecule has 3 fully saturated rings. The van der Waals surface area contributed by atoms with Gasteiger partial charge in [0, 0.05) is 16.0 Å². The van der Waals surface area contributed by atoms with Gasteiger partial charge < -0.3 is 14.8 Å². The van der Waals surface area contributed by atoms with Crippen molar-refractivity contribution in [3.63, 3.8) is 0 Å². The molecular weight excluding hydrogens is 524 g/mol. The average molecular weight is 549 g/mol. The highest BCUT2D eigenvalue weighted by Gasteiger charge is 2.70. The molecule has 1 aromatic heterocycles. The number of aliphatic carboxylic acids is 1. The van der Waals surface area contributed by atoms with E-state index in [4.69, 9.17) is 4.74 Å². The Morgan fingerprint density at radius 2 is 1.74 bits per heavy atom. The van der Waals surface area contributed by atoms with Crippen LogP contribution < -0.4 is 9.61 Å². The highest BCUT2D eigenvalue weighted by atomic mass is 32.2. The Hall–Kier alpha value is -3.37. The molecule has 8 nitrogen and oxygen atoms in total. The standard InChI is InChI=1S/C28H24N2O6S2/c1-12(27(33)34)30-25(31)20-16-11-17(21(20)26(30)32)22-19(16)18(23-24(37-22)29-28(35)38-23)13-6-5-9-15(10-13)36-14-7-3-2-4-8-14/h2-10,12,16-22H,11H2,1H3,(H,29,35)(H,33,34). The van der Waals surface area contributed by atoms with E-state index in [1.54, 1.807) is 11.8 Å². The number of carbonyl (C=O) groups excluding carboxylic acids is 2. The second kappa shape index (κ2) is 8.57. The number of nitrogens with zero attached hydrogens (tertiary/aromatic N) is 1. The summed E-state index contributed by atoms with van der Waals surface area (Å²) in [5.74, 6) is -1.73. The number of carboxylic acid groups (broad SMARTS) is 1. The van der Waals surface area contributed by atoms with E-state index in [0.29, 0.717) is 5.75 Å². The Morgan fingerprint density at radius 3 is 2.47 bits per heavy atom. The summed E-state index contributed by atoms with van der Waals surface area (Å²) < 4.78 is 6.11. The maximum Gasteiger partial charge on any atom is 0.326 e. The molecule has 8 atom stereocenters. The lowest BCUT2D eigenvalue weighted by Crippen LogP contribution is -2.44. The fourth-order valence-corrected chi connectivity index (χ4v) is 10.2. The van der Waals surface area contributed by atoms with Crippen LogP contribution in [0.5, 0.6) is 11.5 Å². The molecule has 194 valence electrons. The van der Waals surface area contributed by atoms with Crippen LogP contribution >= 0.6 is 23.1 Å². The molecule has 2 saturated carbocycles. The van der Waals surface area contributed by atoms with Crippen molar-refractivity contribution in [1.82, 2.24) is 9.88 Å². The summed E-state index contributed by atoms with van der Waals surface area (Å²) >= 11 is 2.81. The molecule has 1 saturated heterocycles. The van der Waals surface area contributed by atoms with E-state index in [2.05, 4.69) is 4.98 Å². The fourth-order valence-electron chi connectivity index (χ4n) is 7.30. The number of rotatable bonds is 5. The van der Waals surface area contributed by atoms with Crippen LogP contribution in [0.1, 0.15) is 29.7 Å². The van der Waals surface area contributed by atoms with Crippen LogP contribution in [-0.2, 0) is 14.4 Å². The van der Waals surface area contributed by atoms with E-state index in [1.807, 2.05) is 54.6 Å². The summed E-state index contributed by atoms with van der Waals surface area (Å²) in [5.41, 5.74) is 1.00. The highest BCUT2D eigenvalue weighted by Crippen LogP contribution is 2.68. The van der Waals surface area contributed by atoms with Crippen LogP contribution in [0.2, 0.25) is 0 Å². The third kappa shape index (κ3) is 3.36. The Kier molecular flexibility index (Phi) is 5.35. The van der Waals surface area contributed by atoms with Crippen molar-refractivity contribution in [1.29, 1.82) is 0 Å². The van der Waals surface area contributed by atoms with Gasteiger partial charge in [-0.15, -0.1) is 11.8 Å². The second-order valence-electron chi connectivity index (χ2n) is 10.5. The van der Waals surface area contributed by atoms with E-state index < -0.39 is 23.8 Å². The Morgan fingerprint density at radius 1 is 1.03 bits per heavy atom. The van der Waals surface area contributed by atoms with Crippen molar-refractivity contribution in [2.45, 2.75) is 35.6 Å². The summed E-state index contributed by atoms with van der Waals surface area (Å²) in [4.78, 5) is 55.9. The SMILES string of the molecule is CC(C(=O)O)N1C(=O)C2C3CC(C2C1=O)C1C(c2cccc(Oc4ccccc4)c2)c2sc(=O)[nH]c2SC31. The van der Waals surface area contributed by atoms with Crippen molar-refractivity contribution in [3.8, 4) is 11.5 Å². The van der Waals surface area contributed by atoms with Gasteiger partial charge in [-0.3, -0.25) is 19.3 Å². The number of benzene rings is 2. The van der Waals surface area contributed by atoms with E-state index in [-0.39, 0.29) is 45.6 Å². The average Bonchev–Trinajstić information content (AvgIpc) is 3.63. The second-order valence-corrected chi connectivity index (χ2v) is 12.7. The molecule has 7 rings (SSSR count). The molecular formula is C28H24N2O6S2. The van der Waals surface area contributed by atoms with Gasteiger partial charge in [0.25, 0.3) is 0 Å². The number of fused-ring (bicyclic) bond motifs is 9. The minimum atomic E-state index is -1.18. The molecule has 10 heteroatoms. The van der Waals surface area contributed by atoms with Crippen molar-refractivity contribution in [2.24, 2.45) is 29.6 Å². The van der Waals surface area contributed by atoms with Crippen molar-refractivity contribution < 1.29 is 24.2 Å². The van der Waals surface area contributed by atoms with Crippen molar-refractivity contribution in [3.05, 3.63) is 74.7 Å². The summed E-state index contributed by atoms with van der Waals surface area (Å²) in [6.07, 6.45) is 0.750.